The van der Waals surface area contributed by atoms with Crippen molar-refractivity contribution in [2.45, 2.75) is 82.1 Å². The molecule has 1 N–H and O–H groups in total. The Morgan fingerprint density at radius 3 is 2.55 bits per heavy atom. The first kappa shape index (κ1) is 31.1. The van der Waals surface area contributed by atoms with E-state index in [2.05, 4.69) is 45.9 Å². The molecule has 0 radical (unpaired) electrons. The standard InChI is InChI=1S/C31H38F2N6O.2ClH/c1-30(2,3)24-8-5-4-7-22(24)26-25(33)27-23(14-34-26)28(38-16-20-9-10-21(17-38)35-20)37-29(36-27)40-18-31-11-6-12-39(31)15-19(32)13-31;;/h4-5,7-8,14,19-21,35H,6,9-13,15-18H2,1-3H3;2*1H/t19?,20-,21+,31?;;. The minimum atomic E-state index is -0.845. The molecule has 0 spiro atoms. The molecule has 2 bridgehead atoms. The van der Waals surface area contributed by atoms with Crippen LogP contribution in [-0.2, 0) is 5.41 Å². The third-order valence-corrected chi connectivity index (χ3v) is 9.38. The summed E-state index contributed by atoms with van der Waals surface area (Å²) in [6, 6.07) is 8.76. The zero-order valence-corrected chi connectivity index (χ0v) is 26.0. The van der Waals surface area contributed by atoms with Crippen LogP contribution in [0.1, 0.15) is 58.4 Å². The van der Waals surface area contributed by atoms with Gasteiger partial charge in [0.05, 0.1) is 10.9 Å². The van der Waals surface area contributed by atoms with Crippen molar-refractivity contribution >= 4 is 41.5 Å². The number of fused-ring (bicyclic) bond motifs is 4. The minimum Gasteiger partial charge on any atom is -0.461 e. The van der Waals surface area contributed by atoms with Gasteiger partial charge >= 0.3 is 6.01 Å². The van der Waals surface area contributed by atoms with Crippen molar-refractivity contribution in [3.63, 3.8) is 0 Å². The number of hydrogen-bond acceptors (Lipinski definition) is 7. The summed E-state index contributed by atoms with van der Waals surface area (Å²) in [4.78, 5) is 18.6. The van der Waals surface area contributed by atoms with Gasteiger partial charge in [-0.3, -0.25) is 9.88 Å². The molecule has 4 fully saturated rings. The molecule has 4 saturated heterocycles. The number of alkyl halides is 1. The van der Waals surface area contributed by atoms with Gasteiger partial charge in [0.1, 0.15) is 29.8 Å². The van der Waals surface area contributed by atoms with Crippen molar-refractivity contribution in [2.75, 3.05) is 37.7 Å². The summed E-state index contributed by atoms with van der Waals surface area (Å²) < 4.78 is 37.2. The number of anilines is 1. The molecular weight excluding hydrogens is 581 g/mol. The van der Waals surface area contributed by atoms with Crippen molar-refractivity contribution in [3.8, 4) is 17.3 Å². The summed E-state index contributed by atoms with van der Waals surface area (Å²) in [5.41, 5.74) is 1.76. The molecule has 1 aromatic carbocycles. The molecule has 42 heavy (non-hydrogen) atoms. The number of pyridine rings is 1. The van der Waals surface area contributed by atoms with Crippen LogP contribution in [0.5, 0.6) is 6.01 Å². The van der Waals surface area contributed by atoms with E-state index in [1.54, 1.807) is 6.20 Å². The van der Waals surface area contributed by atoms with Crippen molar-refractivity contribution in [3.05, 3.63) is 41.8 Å². The van der Waals surface area contributed by atoms with Gasteiger partial charge in [-0.15, -0.1) is 24.8 Å². The number of hydrogen-bond donors (Lipinski definition) is 1. The van der Waals surface area contributed by atoms with Crippen molar-refractivity contribution in [1.82, 2.24) is 25.2 Å². The van der Waals surface area contributed by atoms with E-state index >= 15 is 4.39 Å². The van der Waals surface area contributed by atoms with Gasteiger partial charge < -0.3 is 15.0 Å². The number of aromatic nitrogens is 3. The fourth-order valence-corrected chi connectivity index (χ4v) is 7.48. The van der Waals surface area contributed by atoms with Crippen LogP contribution in [0.3, 0.4) is 0 Å². The summed E-state index contributed by atoms with van der Waals surface area (Å²) >= 11 is 0. The number of nitrogens with zero attached hydrogens (tertiary/aromatic N) is 5. The molecule has 7 rings (SSSR count). The molecule has 11 heteroatoms. The van der Waals surface area contributed by atoms with Crippen LogP contribution in [0.4, 0.5) is 14.6 Å². The fourth-order valence-electron chi connectivity index (χ4n) is 7.48. The van der Waals surface area contributed by atoms with Gasteiger partial charge in [0.2, 0.25) is 0 Å². The Labute approximate surface area is 258 Å². The lowest BCUT2D eigenvalue weighted by molar-refractivity contribution is 0.107. The molecule has 3 aromatic rings. The van der Waals surface area contributed by atoms with Crippen LogP contribution in [0.2, 0.25) is 0 Å². The lowest BCUT2D eigenvalue weighted by Gasteiger charge is -2.34. The second kappa shape index (κ2) is 11.6. The third kappa shape index (κ3) is 5.42. The molecule has 0 aliphatic carbocycles. The van der Waals surface area contributed by atoms with E-state index in [-0.39, 0.29) is 53.0 Å². The number of rotatable bonds is 5. The average molecular weight is 622 g/mol. The van der Waals surface area contributed by atoms with Gasteiger partial charge in [-0.05, 0) is 43.2 Å². The number of halogens is 4. The predicted molar refractivity (Wildman–Crippen MR) is 167 cm³/mol. The third-order valence-electron chi connectivity index (χ3n) is 9.38. The monoisotopic (exact) mass is 620 g/mol. The Hall–Kier alpha value is -2.33. The summed E-state index contributed by atoms with van der Waals surface area (Å²) in [6.45, 7) is 9.57. The van der Waals surface area contributed by atoms with Crippen LogP contribution < -0.4 is 15.0 Å². The van der Waals surface area contributed by atoms with E-state index in [0.29, 0.717) is 42.9 Å². The van der Waals surface area contributed by atoms with E-state index in [1.165, 1.54) is 0 Å². The first-order chi connectivity index (χ1) is 19.2. The second-order valence-corrected chi connectivity index (χ2v) is 13.2. The van der Waals surface area contributed by atoms with Crippen LogP contribution in [0, 0.1) is 5.82 Å². The van der Waals surface area contributed by atoms with E-state index in [4.69, 9.17) is 9.72 Å². The Morgan fingerprint density at radius 2 is 1.81 bits per heavy atom. The molecule has 4 atom stereocenters. The van der Waals surface area contributed by atoms with Crippen molar-refractivity contribution in [2.24, 2.45) is 0 Å². The van der Waals surface area contributed by atoms with Crippen LogP contribution in [0.25, 0.3) is 22.2 Å². The molecule has 6 heterocycles. The predicted octanol–water partition coefficient (Wildman–Crippen LogP) is 5.87. The van der Waals surface area contributed by atoms with Crippen molar-refractivity contribution in [1.29, 1.82) is 0 Å². The number of benzene rings is 1. The smallest absolute Gasteiger partial charge is 0.319 e. The number of ether oxygens (including phenoxy) is 1. The maximum Gasteiger partial charge on any atom is 0.319 e. The summed E-state index contributed by atoms with van der Waals surface area (Å²) in [6.07, 6.45) is 5.50. The highest BCUT2D eigenvalue weighted by Crippen LogP contribution is 2.41. The van der Waals surface area contributed by atoms with Gasteiger partial charge in [-0.1, -0.05) is 45.0 Å². The summed E-state index contributed by atoms with van der Waals surface area (Å²) in [5, 5.41) is 4.25. The normalized spacial score (nSPS) is 27.1. The largest absolute Gasteiger partial charge is 0.461 e. The van der Waals surface area contributed by atoms with Gasteiger partial charge in [0, 0.05) is 49.9 Å². The Balaban J connectivity index is 0.00000176. The molecule has 4 aliphatic heterocycles. The summed E-state index contributed by atoms with van der Waals surface area (Å²) in [7, 11) is 0. The lowest BCUT2D eigenvalue weighted by Crippen LogP contribution is -2.51. The highest BCUT2D eigenvalue weighted by molar-refractivity contribution is 5.92. The molecule has 2 aromatic heterocycles. The highest BCUT2D eigenvalue weighted by atomic mass is 35.5. The van der Waals surface area contributed by atoms with Gasteiger partial charge in [0.25, 0.3) is 0 Å². The maximum atomic E-state index is 16.5. The second-order valence-electron chi connectivity index (χ2n) is 13.2. The fraction of sp³-hybridized carbons (Fsp3) is 0.581. The quantitative estimate of drug-likeness (QED) is 0.383. The Morgan fingerprint density at radius 1 is 1.07 bits per heavy atom. The number of nitrogens with one attached hydrogen (secondary N) is 1. The molecule has 2 unspecified atom stereocenters. The van der Waals surface area contributed by atoms with Crippen LogP contribution in [-0.4, -0.2) is 76.4 Å². The van der Waals surface area contributed by atoms with E-state index in [1.807, 2.05) is 24.3 Å². The van der Waals surface area contributed by atoms with Crippen LogP contribution >= 0.6 is 24.8 Å². The zero-order chi connectivity index (χ0) is 27.6. The number of piperazine rings is 1. The molecule has 228 valence electrons. The van der Waals surface area contributed by atoms with Crippen LogP contribution in [0.15, 0.2) is 30.5 Å². The highest BCUT2D eigenvalue weighted by Gasteiger charge is 2.49. The Bertz CT molecular complexity index is 1440. The molecule has 0 saturated carbocycles. The zero-order valence-electron chi connectivity index (χ0n) is 24.4. The molecule has 0 amide bonds. The van der Waals surface area contributed by atoms with E-state index in [9.17, 15) is 4.39 Å². The van der Waals surface area contributed by atoms with Crippen molar-refractivity contribution < 1.29 is 13.5 Å². The topological polar surface area (TPSA) is 66.4 Å². The first-order valence-electron chi connectivity index (χ1n) is 14.7. The van der Waals surface area contributed by atoms with E-state index < -0.39 is 12.0 Å². The molecule has 7 nitrogen and oxygen atoms in total. The summed E-state index contributed by atoms with van der Waals surface area (Å²) in [5.74, 6) is 0.196. The lowest BCUT2D eigenvalue weighted by atomic mass is 9.83. The first-order valence-corrected chi connectivity index (χ1v) is 14.7. The molecule has 4 aliphatic rings. The van der Waals surface area contributed by atoms with Gasteiger partial charge in [-0.25, -0.2) is 8.78 Å². The maximum absolute atomic E-state index is 16.5. The SMILES string of the molecule is CC(C)(C)c1ccccc1-c1ncc2c(N3C[C@H]4CC[C@@H](C3)N4)nc(OCC34CCCN3CC(F)C4)nc2c1F.Cl.Cl. The van der Waals surface area contributed by atoms with Gasteiger partial charge in [0.15, 0.2) is 5.82 Å². The average Bonchev–Trinajstić information content (AvgIpc) is 3.57. The molecular formula is C31H40Cl2F2N6O. The minimum absolute atomic E-state index is 0. The van der Waals surface area contributed by atoms with E-state index in [0.717, 1.165) is 56.4 Å². The Kier molecular flexibility index (Phi) is 8.62. The van der Waals surface area contributed by atoms with Gasteiger partial charge in [-0.2, -0.15) is 9.97 Å².